The third-order valence-electron chi connectivity index (χ3n) is 5.76. The molecule has 0 spiro atoms. The van der Waals surface area contributed by atoms with Gasteiger partial charge in [-0.1, -0.05) is 12.8 Å². The van der Waals surface area contributed by atoms with Gasteiger partial charge in [0.15, 0.2) is 0 Å². The SMILES string of the molecule is COc1nc(N2CCCCCC2)nc(N(C)C2CCN(C(C)C)CC2)n1. The number of methoxy groups -OCH3 is 1. The molecule has 0 unspecified atom stereocenters. The summed E-state index contributed by atoms with van der Waals surface area (Å²) in [5.41, 5.74) is 0. The zero-order valence-electron chi connectivity index (χ0n) is 16.8. The number of hydrogen-bond acceptors (Lipinski definition) is 7. The minimum atomic E-state index is 0.417. The van der Waals surface area contributed by atoms with Gasteiger partial charge in [0, 0.05) is 45.3 Å². The van der Waals surface area contributed by atoms with Gasteiger partial charge in [-0.2, -0.15) is 15.0 Å². The van der Waals surface area contributed by atoms with Crippen molar-refractivity contribution >= 4 is 11.9 Å². The van der Waals surface area contributed by atoms with Crippen LogP contribution in [0.15, 0.2) is 0 Å². The number of anilines is 2. The molecular weight excluding hydrogens is 328 g/mol. The number of rotatable bonds is 5. The number of aromatic nitrogens is 3. The van der Waals surface area contributed by atoms with E-state index in [2.05, 4.69) is 45.6 Å². The van der Waals surface area contributed by atoms with E-state index in [0.717, 1.165) is 50.9 Å². The van der Waals surface area contributed by atoms with E-state index in [0.29, 0.717) is 18.1 Å². The Bertz CT molecular complexity index is 565. The van der Waals surface area contributed by atoms with Crippen LogP contribution in [0.5, 0.6) is 6.01 Å². The Morgan fingerprint density at radius 1 is 0.962 bits per heavy atom. The first-order valence-corrected chi connectivity index (χ1v) is 10.1. The zero-order chi connectivity index (χ0) is 18.5. The summed E-state index contributed by atoms with van der Waals surface area (Å²) < 4.78 is 5.38. The normalized spacial score (nSPS) is 20.3. The largest absolute Gasteiger partial charge is 0.467 e. The summed E-state index contributed by atoms with van der Waals surface area (Å²) in [5, 5.41) is 0. The molecule has 146 valence electrons. The summed E-state index contributed by atoms with van der Waals surface area (Å²) in [4.78, 5) is 20.9. The second-order valence-corrected chi connectivity index (χ2v) is 7.80. The maximum Gasteiger partial charge on any atom is 0.322 e. The highest BCUT2D eigenvalue weighted by Gasteiger charge is 2.26. The van der Waals surface area contributed by atoms with Gasteiger partial charge in [0.2, 0.25) is 11.9 Å². The topological polar surface area (TPSA) is 57.6 Å². The highest BCUT2D eigenvalue weighted by atomic mass is 16.5. The van der Waals surface area contributed by atoms with Crippen LogP contribution in [0.1, 0.15) is 52.4 Å². The van der Waals surface area contributed by atoms with E-state index in [1.807, 2.05) is 0 Å². The second-order valence-electron chi connectivity index (χ2n) is 7.80. The van der Waals surface area contributed by atoms with Crippen molar-refractivity contribution in [3.8, 4) is 6.01 Å². The van der Waals surface area contributed by atoms with E-state index in [1.165, 1.54) is 25.7 Å². The summed E-state index contributed by atoms with van der Waals surface area (Å²) in [6.07, 6.45) is 7.27. The number of likely N-dealkylation sites (tertiary alicyclic amines) is 1. The Labute approximate surface area is 157 Å². The summed E-state index contributed by atoms with van der Waals surface area (Å²) in [7, 11) is 3.74. The minimum Gasteiger partial charge on any atom is -0.467 e. The van der Waals surface area contributed by atoms with Crippen molar-refractivity contribution in [2.75, 3.05) is 50.1 Å². The molecule has 1 aromatic rings. The molecular formula is C19H34N6O. The Hall–Kier alpha value is -1.63. The van der Waals surface area contributed by atoms with Crippen molar-refractivity contribution in [2.45, 2.75) is 64.5 Å². The number of ether oxygens (including phenoxy) is 1. The van der Waals surface area contributed by atoms with Gasteiger partial charge < -0.3 is 19.4 Å². The van der Waals surface area contributed by atoms with Crippen molar-refractivity contribution in [1.82, 2.24) is 19.9 Å². The second kappa shape index (κ2) is 8.84. The maximum absolute atomic E-state index is 5.38. The first-order chi connectivity index (χ1) is 12.6. The third-order valence-corrected chi connectivity index (χ3v) is 5.76. The molecule has 2 fully saturated rings. The van der Waals surface area contributed by atoms with Gasteiger partial charge in [-0.3, -0.25) is 0 Å². The van der Waals surface area contributed by atoms with Crippen molar-refractivity contribution in [3.63, 3.8) is 0 Å². The molecule has 26 heavy (non-hydrogen) atoms. The van der Waals surface area contributed by atoms with Crippen LogP contribution in [0.2, 0.25) is 0 Å². The number of hydrogen-bond donors (Lipinski definition) is 0. The lowest BCUT2D eigenvalue weighted by molar-refractivity contribution is 0.171. The summed E-state index contributed by atoms with van der Waals surface area (Å²) in [6.45, 7) is 8.84. The summed E-state index contributed by atoms with van der Waals surface area (Å²) in [6, 6.07) is 1.50. The van der Waals surface area contributed by atoms with Crippen LogP contribution >= 0.6 is 0 Å². The maximum atomic E-state index is 5.38. The number of piperidine rings is 1. The smallest absolute Gasteiger partial charge is 0.322 e. The fraction of sp³-hybridized carbons (Fsp3) is 0.842. The van der Waals surface area contributed by atoms with E-state index in [4.69, 9.17) is 9.72 Å². The average Bonchev–Trinajstić information content (AvgIpc) is 2.96. The van der Waals surface area contributed by atoms with Crippen LogP contribution in [0.4, 0.5) is 11.9 Å². The van der Waals surface area contributed by atoms with Crippen LogP contribution in [0, 0.1) is 0 Å². The molecule has 0 amide bonds. The average molecular weight is 363 g/mol. The van der Waals surface area contributed by atoms with Gasteiger partial charge in [0.25, 0.3) is 0 Å². The van der Waals surface area contributed by atoms with Gasteiger partial charge in [-0.05, 0) is 39.5 Å². The summed E-state index contributed by atoms with van der Waals surface area (Å²) >= 11 is 0. The van der Waals surface area contributed by atoms with Crippen LogP contribution < -0.4 is 14.5 Å². The fourth-order valence-electron chi connectivity index (χ4n) is 3.95. The highest BCUT2D eigenvalue weighted by molar-refractivity contribution is 5.41. The molecule has 7 nitrogen and oxygen atoms in total. The van der Waals surface area contributed by atoms with Crippen molar-refractivity contribution in [1.29, 1.82) is 0 Å². The van der Waals surface area contributed by atoms with E-state index in [-0.39, 0.29) is 0 Å². The van der Waals surface area contributed by atoms with E-state index >= 15 is 0 Å². The molecule has 1 aromatic heterocycles. The van der Waals surface area contributed by atoms with Crippen LogP contribution in [0.3, 0.4) is 0 Å². The lowest BCUT2D eigenvalue weighted by Crippen LogP contribution is -2.46. The highest BCUT2D eigenvalue weighted by Crippen LogP contribution is 2.24. The van der Waals surface area contributed by atoms with Gasteiger partial charge in [-0.25, -0.2) is 0 Å². The molecule has 0 atom stereocenters. The van der Waals surface area contributed by atoms with Gasteiger partial charge in [0.1, 0.15) is 0 Å². The molecule has 2 aliphatic heterocycles. The molecule has 7 heteroatoms. The standard InChI is InChI=1S/C19H34N6O/c1-15(2)24-13-9-16(10-14-24)23(3)17-20-18(22-19(21-17)26-4)25-11-7-5-6-8-12-25/h15-16H,5-14H2,1-4H3. The molecule has 0 aliphatic carbocycles. The zero-order valence-corrected chi connectivity index (χ0v) is 16.8. The molecule has 0 radical (unpaired) electrons. The first-order valence-electron chi connectivity index (χ1n) is 10.1. The monoisotopic (exact) mass is 362 g/mol. The predicted molar refractivity (Wildman–Crippen MR) is 105 cm³/mol. The molecule has 2 aliphatic rings. The van der Waals surface area contributed by atoms with Crippen LogP contribution in [0.25, 0.3) is 0 Å². The lowest BCUT2D eigenvalue weighted by Gasteiger charge is -2.38. The minimum absolute atomic E-state index is 0.417. The van der Waals surface area contributed by atoms with Crippen molar-refractivity contribution in [2.24, 2.45) is 0 Å². The van der Waals surface area contributed by atoms with Crippen LogP contribution in [-0.2, 0) is 0 Å². The Balaban J connectivity index is 1.75. The molecule has 0 bridgehead atoms. The van der Waals surface area contributed by atoms with Crippen molar-refractivity contribution < 1.29 is 4.74 Å². The van der Waals surface area contributed by atoms with Gasteiger partial charge in [0.05, 0.1) is 7.11 Å². The van der Waals surface area contributed by atoms with E-state index in [1.54, 1.807) is 7.11 Å². The van der Waals surface area contributed by atoms with E-state index < -0.39 is 0 Å². The van der Waals surface area contributed by atoms with Gasteiger partial charge >= 0.3 is 6.01 Å². The number of nitrogens with zero attached hydrogens (tertiary/aromatic N) is 6. The molecule has 0 saturated carbocycles. The Kier molecular flexibility index (Phi) is 6.51. The quantitative estimate of drug-likeness (QED) is 0.798. The Morgan fingerprint density at radius 2 is 1.62 bits per heavy atom. The molecule has 3 heterocycles. The Morgan fingerprint density at radius 3 is 2.19 bits per heavy atom. The van der Waals surface area contributed by atoms with E-state index in [9.17, 15) is 0 Å². The molecule has 2 saturated heterocycles. The van der Waals surface area contributed by atoms with Crippen molar-refractivity contribution in [3.05, 3.63) is 0 Å². The third kappa shape index (κ3) is 4.55. The summed E-state index contributed by atoms with van der Waals surface area (Å²) in [5.74, 6) is 1.50. The molecule has 0 N–H and O–H groups in total. The first kappa shape index (κ1) is 19.1. The van der Waals surface area contributed by atoms with Gasteiger partial charge in [-0.15, -0.1) is 0 Å². The molecule has 3 rings (SSSR count). The fourth-order valence-corrected chi connectivity index (χ4v) is 3.95. The van der Waals surface area contributed by atoms with Crippen LogP contribution in [-0.4, -0.2) is 72.3 Å². The predicted octanol–water partition coefficient (Wildman–Crippen LogP) is 2.57. The lowest BCUT2D eigenvalue weighted by atomic mass is 10.0. The molecule has 0 aromatic carbocycles.